The number of anilines is 1. The van der Waals surface area contributed by atoms with E-state index in [0.29, 0.717) is 12.0 Å². The average molecular weight is 202 g/mol. The Kier molecular flexibility index (Phi) is 2.17. The molecule has 80 valence electrons. The van der Waals surface area contributed by atoms with E-state index in [9.17, 15) is 0 Å². The Morgan fingerprint density at radius 3 is 2.20 bits per heavy atom. The van der Waals surface area contributed by atoms with E-state index in [2.05, 4.69) is 29.2 Å². The Morgan fingerprint density at radius 1 is 1.07 bits per heavy atom. The predicted molar refractivity (Wildman–Crippen MR) is 63.2 cm³/mol. The van der Waals surface area contributed by atoms with Gasteiger partial charge in [-0.3, -0.25) is 0 Å². The Morgan fingerprint density at radius 2 is 1.67 bits per heavy atom. The molecule has 0 aromatic heterocycles. The van der Waals surface area contributed by atoms with Crippen LogP contribution in [0.2, 0.25) is 0 Å². The second kappa shape index (κ2) is 3.53. The summed E-state index contributed by atoms with van der Waals surface area (Å²) in [5.41, 5.74) is 8.65. The Balaban J connectivity index is 1.75. The smallest absolute Gasteiger partial charge is 0.0366 e. The highest BCUT2D eigenvalue weighted by Crippen LogP contribution is 2.39. The molecule has 2 aliphatic rings. The molecule has 1 aromatic rings. The molecule has 0 spiro atoms. The summed E-state index contributed by atoms with van der Waals surface area (Å²) in [6, 6.07) is 9.44. The maximum absolute atomic E-state index is 5.85. The van der Waals surface area contributed by atoms with Crippen LogP contribution in [0.1, 0.15) is 30.7 Å². The fourth-order valence-corrected chi connectivity index (χ4v) is 2.51. The summed E-state index contributed by atoms with van der Waals surface area (Å²) >= 11 is 0. The summed E-state index contributed by atoms with van der Waals surface area (Å²) in [6.07, 6.45) is 3.85. The van der Waals surface area contributed by atoms with Crippen LogP contribution in [-0.4, -0.2) is 19.1 Å². The normalized spacial score (nSPS) is 29.5. The van der Waals surface area contributed by atoms with E-state index in [1.165, 1.54) is 43.6 Å². The molecule has 2 atom stereocenters. The van der Waals surface area contributed by atoms with Crippen molar-refractivity contribution >= 4 is 5.69 Å². The maximum Gasteiger partial charge on any atom is 0.0366 e. The molecule has 3 rings (SSSR count). The van der Waals surface area contributed by atoms with Gasteiger partial charge in [0.2, 0.25) is 0 Å². The highest BCUT2D eigenvalue weighted by molar-refractivity contribution is 5.49. The van der Waals surface area contributed by atoms with Crippen molar-refractivity contribution < 1.29 is 0 Å². The lowest BCUT2D eigenvalue weighted by atomic mass is 10.1. The highest BCUT2D eigenvalue weighted by Gasteiger charge is 2.34. The molecule has 2 N–H and O–H groups in total. The van der Waals surface area contributed by atoms with E-state index in [1.54, 1.807) is 0 Å². The highest BCUT2D eigenvalue weighted by atomic mass is 15.1. The van der Waals surface area contributed by atoms with Gasteiger partial charge >= 0.3 is 0 Å². The van der Waals surface area contributed by atoms with E-state index in [4.69, 9.17) is 5.73 Å². The van der Waals surface area contributed by atoms with Gasteiger partial charge in [0.1, 0.15) is 0 Å². The summed E-state index contributed by atoms with van der Waals surface area (Å²) in [6.45, 7) is 2.45. The van der Waals surface area contributed by atoms with Gasteiger partial charge in [-0.05, 0) is 37.0 Å². The SMILES string of the molecule is N[C@@H]1C[C@H]1c1ccc(N2CCCC2)cc1. The van der Waals surface area contributed by atoms with Crippen LogP contribution < -0.4 is 10.6 Å². The maximum atomic E-state index is 5.85. The largest absolute Gasteiger partial charge is 0.372 e. The van der Waals surface area contributed by atoms with Gasteiger partial charge in [0, 0.05) is 30.7 Å². The molecular formula is C13H18N2. The van der Waals surface area contributed by atoms with Crippen molar-refractivity contribution in [3.05, 3.63) is 29.8 Å². The molecule has 2 fully saturated rings. The number of nitrogens with two attached hydrogens (primary N) is 1. The quantitative estimate of drug-likeness (QED) is 0.795. The van der Waals surface area contributed by atoms with Crippen molar-refractivity contribution in [1.29, 1.82) is 0 Å². The minimum atomic E-state index is 0.419. The Labute approximate surface area is 91.1 Å². The second-order valence-electron chi connectivity index (χ2n) is 4.79. The molecule has 0 amide bonds. The lowest BCUT2D eigenvalue weighted by molar-refractivity contribution is 0.949. The molecule has 1 heterocycles. The van der Waals surface area contributed by atoms with Crippen molar-refractivity contribution in [1.82, 2.24) is 0 Å². The first kappa shape index (κ1) is 9.22. The zero-order chi connectivity index (χ0) is 10.3. The van der Waals surface area contributed by atoms with Crippen molar-refractivity contribution in [2.75, 3.05) is 18.0 Å². The fraction of sp³-hybridized carbons (Fsp3) is 0.538. The number of benzene rings is 1. The van der Waals surface area contributed by atoms with Gasteiger partial charge in [0.15, 0.2) is 0 Å². The molecule has 2 nitrogen and oxygen atoms in total. The lowest BCUT2D eigenvalue weighted by Crippen LogP contribution is -2.17. The third-order valence-corrected chi connectivity index (χ3v) is 3.63. The van der Waals surface area contributed by atoms with Crippen molar-refractivity contribution in [2.45, 2.75) is 31.2 Å². The number of hydrogen-bond donors (Lipinski definition) is 1. The lowest BCUT2D eigenvalue weighted by Gasteiger charge is -2.17. The summed E-state index contributed by atoms with van der Waals surface area (Å²) < 4.78 is 0. The first-order valence-electron chi connectivity index (χ1n) is 5.95. The molecule has 2 heteroatoms. The minimum Gasteiger partial charge on any atom is -0.372 e. The van der Waals surface area contributed by atoms with E-state index < -0.39 is 0 Å². The van der Waals surface area contributed by atoms with Crippen LogP contribution in [-0.2, 0) is 0 Å². The Bertz CT molecular complexity index is 338. The van der Waals surface area contributed by atoms with Gasteiger partial charge in [0.05, 0.1) is 0 Å². The first-order valence-corrected chi connectivity index (χ1v) is 5.95. The molecule has 1 aliphatic carbocycles. The third kappa shape index (κ3) is 1.74. The van der Waals surface area contributed by atoms with Crippen molar-refractivity contribution in [2.24, 2.45) is 5.73 Å². The minimum absolute atomic E-state index is 0.419. The van der Waals surface area contributed by atoms with Crippen LogP contribution in [0.5, 0.6) is 0 Å². The summed E-state index contributed by atoms with van der Waals surface area (Å²) in [5, 5.41) is 0. The molecule has 0 bridgehead atoms. The zero-order valence-electron chi connectivity index (χ0n) is 9.02. The average Bonchev–Trinajstić information content (AvgIpc) is 2.82. The van der Waals surface area contributed by atoms with E-state index in [0.717, 1.165) is 0 Å². The van der Waals surface area contributed by atoms with Crippen LogP contribution in [0.3, 0.4) is 0 Å². The number of rotatable bonds is 2. The van der Waals surface area contributed by atoms with Gasteiger partial charge in [-0.2, -0.15) is 0 Å². The summed E-state index contributed by atoms with van der Waals surface area (Å²) in [4.78, 5) is 2.47. The number of hydrogen-bond acceptors (Lipinski definition) is 2. The van der Waals surface area contributed by atoms with Crippen LogP contribution in [0.25, 0.3) is 0 Å². The van der Waals surface area contributed by atoms with Gasteiger partial charge in [0.25, 0.3) is 0 Å². The monoisotopic (exact) mass is 202 g/mol. The molecule has 1 aliphatic heterocycles. The van der Waals surface area contributed by atoms with E-state index in [-0.39, 0.29) is 0 Å². The Hall–Kier alpha value is -1.02. The first-order chi connectivity index (χ1) is 7.34. The topological polar surface area (TPSA) is 29.3 Å². The van der Waals surface area contributed by atoms with Gasteiger partial charge < -0.3 is 10.6 Å². The summed E-state index contributed by atoms with van der Waals surface area (Å²) in [7, 11) is 0. The van der Waals surface area contributed by atoms with E-state index >= 15 is 0 Å². The van der Waals surface area contributed by atoms with Gasteiger partial charge in [-0.25, -0.2) is 0 Å². The van der Waals surface area contributed by atoms with E-state index in [1.807, 2.05) is 0 Å². The van der Waals surface area contributed by atoms with Crippen LogP contribution in [0.15, 0.2) is 24.3 Å². The molecule has 1 saturated heterocycles. The summed E-state index contributed by atoms with van der Waals surface area (Å²) in [5.74, 6) is 0.637. The zero-order valence-corrected chi connectivity index (χ0v) is 9.02. The van der Waals surface area contributed by atoms with Crippen LogP contribution >= 0.6 is 0 Å². The van der Waals surface area contributed by atoms with Crippen LogP contribution in [0, 0.1) is 0 Å². The number of nitrogens with zero attached hydrogens (tertiary/aromatic N) is 1. The second-order valence-corrected chi connectivity index (χ2v) is 4.79. The van der Waals surface area contributed by atoms with Crippen LogP contribution in [0.4, 0.5) is 5.69 Å². The molecule has 1 aromatic carbocycles. The molecule has 15 heavy (non-hydrogen) atoms. The fourth-order valence-electron chi connectivity index (χ4n) is 2.51. The van der Waals surface area contributed by atoms with Gasteiger partial charge in [-0.15, -0.1) is 0 Å². The van der Waals surface area contributed by atoms with Gasteiger partial charge in [-0.1, -0.05) is 12.1 Å². The van der Waals surface area contributed by atoms with Crippen molar-refractivity contribution in [3.8, 4) is 0 Å². The predicted octanol–water partition coefficient (Wildman–Crippen LogP) is 2.10. The molecular weight excluding hydrogens is 184 g/mol. The van der Waals surface area contributed by atoms with Crippen molar-refractivity contribution in [3.63, 3.8) is 0 Å². The standard InChI is InChI=1S/C13H18N2/c14-13-9-12(13)10-3-5-11(6-4-10)15-7-1-2-8-15/h3-6,12-13H,1-2,7-9,14H2/t12-,13+/m0/s1. The third-order valence-electron chi connectivity index (χ3n) is 3.63. The molecule has 0 radical (unpaired) electrons. The molecule has 0 unspecified atom stereocenters. The molecule has 1 saturated carbocycles.